The number of hydrogen-bond acceptors (Lipinski definition) is 2. The predicted octanol–water partition coefficient (Wildman–Crippen LogP) is 2.01. The van der Waals surface area contributed by atoms with Crippen LogP contribution in [-0.2, 0) is 4.79 Å². The van der Waals surface area contributed by atoms with Crippen molar-refractivity contribution in [2.24, 2.45) is 11.3 Å². The fraction of sp³-hybridized carbons (Fsp3) is 0.900. The van der Waals surface area contributed by atoms with E-state index in [1.165, 1.54) is 0 Å². The molecule has 0 fully saturated rings. The summed E-state index contributed by atoms with van der Waals surface area (Å²) >= 11 is 0. The Kier molecular flexibility index (Phi) is 3.91. The summed E-state index contributed by atoms with van der Waals surface area (Å²) in [5, 5.41) is 9.33. The standard InChI is InChI=1S/C10H20O2/c1-7(11)9(8(2)12)6-10(3,4)5/h7,9,11H,6H2,1-5H3. The van der Waals surface area contributed by atoms with E-state index in [0.29, 0.717) is 0 Å². The molecule has 0 spiro atoms. The Morgan fingerprint density at radius 2 is 1.83 bits per heavy atom. The first-order valence-electron chi connectivity index (χ1n) is 4.42. The maximum absolute atomic E-state index is 11.1. The molecular weight excluding hydrogens is 152 g/mol. The minimum atomic E-state index is -0.526. The highest BCUT2D eigenvalue weighted by atomic mass is 16.3. The molecule has 0 heterocycles. The maximum Gasteiger partial charge on any atom is 0.135 e. The maximum atomic E-state index is 11.1. The van der Waals surface area contributed by atoms with E-state index < -0.39 is 6.10 Å². The fourth-order valence-electron chi connectivity index (χ4n) is 1.31. The summed E-state index contributed by atoms with van der Waals surface area (Å²) in [5.74, 6) is -0.120. The highest BCUT2D eigenvalue weighted by Gasteiger charge is 2.25. The molecule has 1 N–H and O–H groups in total. The number of ketones is 1. The topological polar surface area (TPSA) is 37.3 Å². The molecule has 0 aliphatic heterocycles. The van der Waals surface area contributed by atoms with Gasteiger partial charge < -0.3 is 5.11 Å². The van der Waals surface area contributed by atoms with Crippen molar-refractivity contribution in [1.82, 2.24) is 0 Å². The van der Waals surface area contributed by atoms with Crippen LogP contribution in [0.1, 0.15) is 41.0 Å². The highest BCUT2D eigenvalue weighted by Crippen LogP contribution is 2.26. The van der Waals surface area contributed by atoms with Crippen LogP contribution in [0.5, 0.6) is 0 Å². The Morgan fingerprint density at radius 3 is 1.92 bits per heavy atom. The Morgan fingerprint density at radius 1 is 1.42 bits per heavy atom. The van der Waals surface area contributed by atoms with Gasteiger partial charge in [-0.1, -0.05) is 20.8 Å². The summed E-state index contributed by atoms with van der Waals surface area (Å²) < 4.78 is 0. The van der Waals surface area contributed by atoms with Crippen LogP contribution in [0.2, 0.25) is 0 Å². The van der Waals surface area contributed by atoms with Crippen molar-refractivity contribution in [1.29, 1.82) is 0 Å². The van der Waals surface area contributed by atoms with Crippen LogP contribution in [0.15, 0.2) is 0 Å². The highest BCUT2D eigenvalue weighted by molar-refractivity contribution is 5.78. The molecule has 0 saturated carbocycles. The van der Waals surface area contributed by atoms with Crippen molar-refractivity contribution >= 4 is 5.78 Å². The smallest absolute Gasteiger partial charge is 0.135 e. The molecule has 0 bridgehead atoms. The summed E-state index contributed by atoms with van der Waals surface area (Å²) in [6, 6.07) is 0. The summed E-state index contributed by atoms with van der Waals surface area (Å²) in [6.07, 6.45) is 0.224. The van der Waals surface area contributed by atoms with E-state index in [2.05, 4.69) is 20.8 Å². The molecule has 2 atom stereocenters. The Labute approximate surface area is 75.0 Å². The van der Waals surface area contributed by atoms with Crippen LogP contribution in [-0.4, -0.2) is 17.0 Å². The van der Waals surface area contributed by atoms with Crippen molar-refractivity contribution in [2.45, 2.75) is 47.1 Å². The molecule has 0 saturated heterocycles. The van der Waals surface area contributed by atoms with Crippen LogP contribution in [0.4, 0.5) is 0 Å². The molecule has 2 unspecified atom stereocenters. The van der Waals surface area contributed by atoms with Gasteiger partial charge in [-0.2, -0.15) is 0 Å². The normalized spacial score (nSPS) is 17.2. The van der Waals surface area contributed by atoms with Gasteiger partial charge >= 0.3 is 0 Å². The van der Waals surface area contributed by atoms with E-state index in [1.54, 1.807) is 13.8 Å². The number of Topliss-reactive ketones (excluding diaryl/α,β-unsaturated/α-hetero) is 1. The second kappa shape index (κ2) is 4.04. The number of hydrogen-bond donors (Lipinski definition) is 1. The third-order valence-corrected chi connectivity index (χ3v) is 1.94. The zero-order chi connectivity index (χ0) is 9.94. The van der Waals surface area contributed by atoms with E-state index in [-0.39, 0.29) is 17.1 Å². The molecule has 2 heteroatoms. The van der Waals surface area contributed by atoms with Crippen molar-refractivity contribution in [3.05, 3.63) is 0 Å². The Balaban J connectivity index is 4.25. The van der Waals surface area contributed by atoms with Crippen LogP contribution in [0, 0.1) is 11.3 Å². The SMILES string of the molecule is CC(=O)C(CC(C)(C)C)C(C)O. The van der Waals surface area contributed by atoms with E-state index in [9.17, 15) is 9.90 Å². The van der Waals surface area contributed by atoms with Gasteiger partial charge in [0.25, 0.3) is 0 Å². The van der Waals surface area contributed by atoms with Gasteiger partial charge in [-0.25, -0.2) is 0 Å². The van der Waals surface area contributed by atoms with Gasteiger partial charge in [0.15, 0.2) is 0 Å². The third-order valence-electron chi connectivity index (χ3n) is 1.94. The van der Waals surface area contributed by atoms with Gasteiger partial charge in [0.2, 0.25) is 0 Å². The lowest BCUT2D eigenvalue weighted by Gasteiger charge is -2.25. The Hall–Kier alpha value is -0.370. The van der Waals surface area contributed by atoms with Gasteiger partial charge in [0.1, 0.15) is 5.78 Å². The first-order chi connectivity index (χ1) is 5.24. The van der Waals surface area contributed by atoms with Crippen LogP contribution in [0.3, 0.4) is 0 Å². The van der Waals surface area contributed by atoms with E-state index in [0.717, 1.165) is 6.42 Å². The molecule has 0 aliphatic carbocycles. The summed E-state index contributed by atoms with van der Waals surface area (Å²) in [6.45, 7) is 9.45. The van der Waals surface area contributed by atoms with E-state index >= 15 is 0 Å². The molecule has 0 rings (SSSR count). The predicted molar refractivity (Wildman–Crippen MR) is 49.9 cm³/mol. The molecule has 72 valence electrons. The van der Waals surface area contributed by atoms with Crippen molar-refractivity contribution in [3.63, 3.8) is 0 Å². The van der Waals surface area contributed by atoms with Gasteiger partial charge in [-0.05, 0) is 25.7 Å². The quantitative estimate of drug-likeness (QED) is 0.707. The molecule has 0 aromatic rings. The summed E-state index contributed by atoms with van der Waals surface area (Å²) in [5.41, 5.74) is 0.104. The number of aliphatic hydroxyl groups is 1. The van der Waals surface area contributed by atoms with Crippen molar-refractivity contribution < 1.29 is 9.90 Å². The monoisotopic (exact) mass is 172 g/mol. The van der Waals surface area contributed by atoms with Crippen LogP contribution >= 0.6 is 0 Å². The third kappa shape index (κ3) is 4.50. The molecule has 0 aromatic carbocycles. The molecule has 2 nitrogen and oxygen atoms in total. The Bertz CT molecular complexity index is 154. The lowest BCUT2D eigenvalue weighted by molar-refractivity contribution is -0.125. The van der Waals surface area contributed by atoms with Gasteiger partial charge in [-0.3, -0.25) is 4.79 Å². The molecule has 0 aromatic heterocycles. The lowest BCUT2D eigenvalue weighted by Crippen LogP contribution is -2.28. The minimum Gasteiger partial charge on any atom is -0.393 e. The zero-order valence-corrected chi connectivity index (χ0v) is 8.72. The van der Waals surface area contributed by atoms with Crippen molar-refractivity contribution in [2.75, 3.05) is 0 Å². The average molecular weight is 172 g/mol. The molecular formula is C10H20O2. The van der Waals surface area contributed by atoms with Gasteiger partial charge in [0.05, 0.1) is 6.10 Å². The second-order valence-electron chi connectivity index (χ2n) is 4.72. The van der Waals surface area contributed by atoms with Crippen molar-refractivity contribution in [3.8, 4) is 0 Å². The second-order valence-corrected chi connectivity index (χ2v) is 4.72. The summed E-state index contributed by atoms with van der Waals surface area (Å²) in [4.78, 5) is 11.1. The average Bonchev–Trinajstić information content (AvgIpc) is 1.79. The van der Waals surface area contributed by atoms with Gasteiger partial charge in [-0.15, -0.1) is 0 Å². The lowest BCUT2D eigenvalue weighted by atomic mass is 9.81. The number of rotatable bonds is 3. The van der Waals surface area contributed by atoms with Crippen LogP contribution in [0.25, 0.3) is 0 Å². The first kappa shape index (κ1) is 11.6. The van der Waals surface area contributed by atoms with Gasteiger partial charge in [0, 0.05) is 5.92 Å². The molecule has 0 aliphatic rings. The molecule has 0 amide bonds. The molecule has 0 radical (unpaired) electrons. The first-order valence-corrected chi connectivity index (χ1v) is 4.42. The minimum absolute atomic E-state index is 0.0833. The largest absolute Gasteiger partial charge is 0.393 e. The van der Waals surface area contributed by atoms with E-state index in [1.807, 2.05) is 0 Å². The number of carbonyl (C=O) groups excluding carboxylic acids is 1. The van der Waals surface area contributed by atoms with Crippen LogP contribution < -0.4 is 0 Å². The fourth-order valence-corrected chi connectivity index (χ4v) is 1.31. The molecule has 12 heavy (non-hydrogen) atoms. The summed E-state index contributed by atoms with van der Waals surface area (Å²) in [7, 11) is 0. The zero-order valence-electron chi connectivity index (χ0n) is 8.72. The number of carbonyl (C=O) groups is 1. The van der Waals surface area contributed by atoms with E-state index in [4.69, 9.17) is 0 Å². The number of aliphatic hydroxyl groups excluding tert-OH is 1.